The molecular formula is C22H20ClNO4. The Balaban J connectivity index is 1.50. The molecule has 0 spiro atoms. The number of carbonyl (C=O) groups excluding carboxylic acids is 3. The molecule has 5 nitrogen and oxygen atoms in total. The molecule has 1 saturated heterocycles. The van der Waals surface area contributed by atoms with E-state index >= 15 is 0 Å². The average Bonchev–Trinajstić information content (AvgIpc) is 2.97. The number of carbonyl (C=O) groups is 3. The number of esters is 1. The van der Waals surface area contributed by atoms with Crippen molar-refractivity contribution in [1.82, 2.24) is 0 Å². The van der Waals surface area contributed by atoms with Gasteiger partial charge in [0.15, 0.2) is 0 Å². The summed E-state index contributed by atoms with van der Waals surface area (Å²) >= 11 is 5.94. The average molecular weight is 398 g/mol. The van der Waals surface area contributed by atoms with Crippen molar-refractivity contribution in [1.29, 1.82) is 0 Å². The summed E-state index contributed by atoms with van der Waals surface area (Å²) in [6.45, 7) is 0.0926. The Morgan fingerprint density at radius 1 is 1.00 bits per heavy atom. The smallest absolute Gasteiger partial charge is 0.338 e. The van der Waals surface area contributed by atoms with Gasteiger partial charge >= 0.3 is 5.97 Å². The summed E-state index contributed by atoms with van der Waals surface area (Å²) in [5.74, 6) is -1.27. The molecule has 2 aromatic rings. The maximum Gasteiger partial charge on any atom is 0.338 e. The molecule has 0 aromatic heterocycles. The summed E-state index contributed by atoms with van der Waals surface area (Å²) in [5.41, 5.74) is 1.52. The highest BCUT2D eigenvalue weighted by Gasteiger charge is 2.48. The number of fused-ring (bicyclic) bond motifs is 1. The Morgan fingerprint density at radius 3 is 2.36 bits per heavy atom. The predicted molar refractivity (Wildman–Crippen MR) is 105 cm³/mol. The van der Waals surface area contributed by atoms with Gasteiger partial charge in [-0.3, -0.25) is 14.5 Å². The first-order chi connectivity index (χ1) is 13.5. The lowest BCUT2D eigenvalue weighted by molar-refractivity contribution is -0.122. The van der Waals surface area contributed by atoms with Gasteiger partial charge in [-0.15, -0.1) is 0 Å². The van der Waals surface area contributed by atoms with E-state index in [1.807, 2.05) is 6.07 Å². The van der Waals surface area contributed by atoms with Gasteiger partial charge in [-0.1, -0.05) is 42.6 Å². The molecule has 0 radical (unpaired) electrons. The number of nitrogens with zero attached hydrogens (tertiary/aromatic N) is 1. The van der Waals surface area contributed by atoms with Crippen LogP contribution in [0.2, 0.25) is 5.02 Å². The van der Waals surface area contributed by atoms with E-state index in [0.29, 0.717) is 16.3 Å². The molecule has 1 saturated carbocycles. The van der Waals surface area contributed by atoms with Gasteiger partial charge in [0.1, 0.15) is 6.61 Å². The van der Waals surface area contributed by atoms with Crippen molar-refractivity contribution in [2.24, 2.45) is 11.8 Å². The number of imide groups is 1. The zero-order valence-electron chi connectivity index (χ0n) is 15.3. The summed E-state index contributed by atoms with van der Waals surface area (Å²) in [5, 5.41) is 0.572. The monoisotopic (exact) mass is 397 g/mol. The molecule has 28 heavy (non-hydrogen) atoms. The molecule has 1 heterocycles. The third kappa shape index (κ3) is 3.54. The fourth-order valence-electron chi connectivity index (χ4n) is 4.05. The lowest BCUT2D eigenvalue weighted by Crippen LogP contribution is -2.31. The summed E-state index contributed by atoms with van der Waals surface area (Å²) < 4.78 is 5.35. The highest BCUT2D eigenvalue weighted by Crippen LogP contribution is 2.40. The second-order valence-corrected chi connectivity index (χ2v) is 7.70. The normalized spacial score (nSPS) is 21.5. The fourth-order valence-corrected chi connectivity index (χ4v) is 4.26. The number of ether oxygens (including phenoxy) is 1. The number of rotatable bonds is 4. The van der Waals surface area contributed by atoms with Gasteiger partial charge in [0.25, 0.3) is 0 Å². The Labute approximate surface area is 168 Å². The van der Waals surface area contributed by atoms with Gasteiger partial charge in [0.2, 0.25) is 11.8 Å². The van der Waals surface area contributed by atoms with Crippen molar-refractivity contribution >= 4 is 35.1 Å². The van der Waals surface area contributed by atoms with Crippen LogP contribution in [0, 0.1) is 11.8 Å². The van der Waals surface area contributed by atoms with Crippen LogP contribution in [0.4, 0.5) is 5.69 Å². The van der Waals surface area contributed by atoms with E-state index in [-0.39, 0.29) is 30.3 Å². The molecule has 144 valence electrons. The first-order valence-corrected chi connectivity index (χ1v) is 9.82. The van der Waals surface area contributed by atoms with Gasteiger partial charge < -0.3 is 4.74 Å². The van der Waals surface area contributed by atoms with Crippen LogP contribution in [-0.4, -0.2) is 17.8 Å². The molecule has 4 rings (SSSR count). The number of anilines is 1. The van der Waals surface area contributed by atoms with E-state index in [4.69, 9.17) is 16.3 Å². The number of hydrogen-bond donors (Lipinski definition) is 0. The second kappa shape index (κ2) is 7.76. The Kier molecular flexibility index (Phi) is 5.18. The molecule has 1 aliphatic carbocycles. The SMILES string of the molecule is O=C(OCc1cccc(Cl)c1)c1cccc(N2C(=O)C3CCCCC3C2=O)c1. The van der Waals surface area contributed by atoms with Crippen molar-refractivity contribution in [3.8, 4) is 0 Å². The van der Waals surface area contributed by atoms with Crippen LogP contribution >= 0.6 is 11.6 Å². The van der Waals surface area contributed by atoms with Crippen molar-refractivity contribution in [2.75, 3.05) is 4.90 Å². The Hall–Kier alpha value is -2.66. The first kappa shape index (κ1) is 18.7. The van der Waals surface area contributed by atoms with Gasteiger partial charge in [-0.05, 0) is 48.7 Å². The molecule has 1 aliphatic heterocycles. The molecule has 6 heteroatoms. The summed E-state index contributed by atoms with van der Waals surface area (Å²) in [6.07, 6.45) is 3.47. The van der Waals surface area contributed by atoms with E-state index in [2.05, 4.69) is 0 Å². The van der Waals surface area contributed by atoms with E-state index < -0.39 is 5.97 Å². The second-order valence-electron chi connectivity index (χ2n) is 7.27. The fraction of sp³-hybridized carbons (Fsp3) is 0.318. The third-order valence-corrected chi connectivity index (χ3v) is 5.68. The number of amides is 2. The third-order valence-electron chi connectivity index (χ3n) is 5.44. The molecule has 2 aliphatic rings. The van der Waals surface area contributed by atoms with Crippen LogP contribution in [0.5, 0.6) is 0 Å². The highest BCUT2D eigenvalue weighted by atomic mass is 35.5. The van der Waals surface area contributed by atoms with Crippen LogP contribution in [0.1, 0.15) is 41.6 Å². The van der Waals surface area contributed by atoms with Crippen LogP contribution < -0.4 is 4.90 Å². The molecule has 0 N–H and O–H groups in total. The van der Waals surface area contributed by atoms with E-state index in [0.717, 1.165) is 31.2 Å². The Morgan fingerprint density at radius 2 is 1.68 bits per heavy atom. The summed E-state index contributed by atoms with van der Waals surface area (Å²) in [4.78, 5) is 39.2. The maximum absolute atomic E-state index is 12.8. The first-order valence-electron chi connectivity index (χ1n) is 9.44. The minimum atomic E-state index is -0.515. The van der Waals surface area contributed by atoms with E-state index in [1.54, 1.807) is 42.5 Å². The maximum atomic E-state index is 12.8. The minimum Gasteiger partial charge on any atom is -0.457 e. The molecular weight excluding hydrogens is 378 g/mol. The minimum absolute atomic E-state index is 0.0926. The van der Waals surface area contributed by atoms with Gasteiger partial charge in [0, 0.05) is 5.02 Å². The predicted octanol–water partition coefficient (Wildman–Crippen LogP) is 4.38. The van der Waals surface area contributed by atoms with Gasteiger partial charge in [-0.25, -0.2) is 4.79 Å². The van der Waals surface area contributed by atoms with Crippen LogP contribution in [0.15, 0.2) is 48.5 Å². The zero-order valence-corrected chi connectivity index (χ0v) is 16.0. The zero-order chi connectivity index (χ0) is 19.7. The van der Waals surface area contributed by atoms with E-state index in [9.17, 15) is 14.4 Å². The number of halogens is 1. The molecule has 0 bridgehead atoms. The number of hydrogen-bond acceptors (Lipinski definition) is 4. The van der Waals surface area contributed by atoms with Crippen molar-refractivity contribution in [2.45, 2.75) is 32.3 Å². The standard InChI is InChI=1S/C22H20ClNO4/c23-16-7-3-5-14(11-16)13-28-22(27)15-6-4-8-17(12-15)24-20(25)18-9-1-2-10-19(18)21(24)26/h3-8,11-12,18-19H,1-2,9-10,13H2. The molecule has 2 atom stereocenters. The van der Waals surface area contributed by atoms with E-state index in [1.165, 1.54) is 4.90 Å². The lowest BCUT2D eigenvalue weighted by Gasteiger charge is -2.19. The molecule has 2 unspecified atom stereocenters. The summed E-state index contributed by atoms with van der Waals surface area (Å²) in [6, 6.07) is 13.6. The number of benzene rings is 2. The van der Waals surface area contributed by atoms with Gasteiger partial charge in [0.05, 0.1) is 23.1 Å². The van der Waals surface area contributed by atoms with Crippen LogP contribution in [-0.2, 0) is 20.9 Å². The summed E-state index contributed by atoms with van der Waals surface area (Å²) in [7, 11) is 0. The quantitative estimate of drug-likeness (QED) is 0.567. The topological polar surface area (TPSA) is 63.7 Å². The molecule has 2 aromatic carbocycles. The molecule has 2 fully saturated rings. The van der Waals surface area contributed by atoms with Crippen molar-refractivity contribution in [3.63, 3.8) is 0 Å². The lowest BCUT2D eigenvalue weighted by atomic mass is 9.81. The largest absolute Gasteiger partial charge is 0.457 e. The van der Waals surface area contributed by atoms with Crippen LogP contribution in [0.25, 0.3) is 0 Å². The van der Waals surface area contributed by atoms with Crippen molar-refractivity contribution < 1.29 is 19.1 Å². The van der Waals surface area contributed by atoms with Crippen molar-refractivity contribution in [3.05, 3.63) is 64.7 Å². The van der Waals surface area contributed by atoms with Gasteiger partial charge in [-0.2, -0.15) is 0 Å². The molecule has 2 amide bonds. The van der Waals surface area contributed by atoms with Crippen LogP contribution in [0.3, 0.4) is 0 Å². The Bertz CT molecular complexity index is 918. The highest BCUT2D eigenvalue weighted by molar-refractivity contribution is 6.30.